The van der Waals surface area contributed by atoms with Gasteiger partial charge >= 0.3 is 10.2 Å². The number of hydrogen-bond donors (Lipinski definition) is 1. The SMILES string of the molecule is Cc1c(N)c(C)c(N=[N+]=[N-])c(C)c1CS(=O)(=O)F. The van der Waals surface area contributed by atoms with E-state index in [2.05, 4.69) is 10.0 Å². The normalized spacial score (nSPS) is 11.1. The second-order valence-electron chi connectivity index (χ2n) is 3.99. The molecule has 0 aromatic heterocycles. The van der Waals surface area contributed by atoms with Gasteiger partial charge in [-0.2, -0.15) is 8.42 Å². The van der Waals surface area contributed by atoms with Crippen LogP contribution in [0.15, 0.2) is 5.11 Å². The Hall–Kier alpha value is -1.79. The molecular formula is C10H13FN4O2S. The molecule has 8 heteroatoms. The van der Waals surface area contributed by atoms with Crippen molar-refractivity contribution in [2.45, 2.75) is 26.5 Å². The summed E-state index contributed by atoms with van der Waals surface area (Å²) in [6.07, 6.45) is 0. The number of anilines is 1. The molecule has 0 heterocycles. The van der Waals surface area contributed by atoms with E-state index in [-0.39, 0.29) is 11.3 Å². The highest BCUT2D eigenvalue weighted by atomic mass is 32.3. The summed E-state index contributed by atoms with van der Waals surface area (Å²) >= 11 is 0. The fraction of sp³-hybridized carbons (Fsp3) is 0.400. The number of hydrogen-bond acceptors (Lipinski definition) is 4. The predicted molar refractivity (Wildman–Crippen MR) is 67.6 cm³/mol. The third kappa shape index (κ3) is 2.72. The van der Waals surface area contributed by atoms with E-state index in [1.165, 1.54) is 0 Å². The summed E-state index contributed by atoms with van der Waals surface area (Å²) in [6.45, 7) is 4.84. The van der Waals surface area contributed by atoms with Crippen molar-refractivity contribution < 1.29 is 12.3 Å². The van der Waals surface area contributed by atoms with Gasteiger partial charge in [-0.05, 0) is 48.6 Å². The number of nitrogens with zero attached hydrogens (tertiary/aromatic N) is 3. The van der Waals surface area contributed by atoms with E-state index >= 15 is 0 Å². The van der Waals surface area contributed by atoms with E-state index in [0.717, 1.165) is 0 Å². The van der Waals surface area contributed by atoms with Crippen molar-refractivity contribution in [3.8, 4) is 0 Å². The summed E-state index contributed by atoms with van der Waals surface area (Å²) in [4.78, 5) is 2.66. The lowest BCUT2D eigenvalue weighted by molar-refractivity contribution is 0.551. The van der Waals surface area contributed by atoms with E-state index in [1.54, 1.807) is 20.8 Å². The fourth-order valence-electron chi connectivity index (χ4n) is 1.86. The third-order valence-corrected chi connectivity index (χ3v) is 3.52. The monoisotopic (exact) mass is 272 g/mol. The van der Waals surface area contributed by atoms with Crippen LogP contribution in [0.5, 0.6) is 0 Å². The number of halogens is 1. The number of nitrogens with two attached hydrogens (primary N) is 1. The van der Waals surface area contributed by atoms with Crippen LogP contribution in [-0.2, 0) is 16.0 Å². The molecule has 1 aromatic rings. The van der Waals surface area contributed by atoms with Gasteiger partial charge in [0.25, 0.3) is 0 Å². The highest BCUT2D eigenvalue weighted by Crippen LogP contribution is 2.36. The van der Waals surface area contributed by atoms with Crippen molar-refractivity contribution in [1.29, 1.82) is 0 Å². The zero-order chi connectivity index (χ0) is 14.1. The number of benzene rings is 1. The molecule has 1 rings (SSSR count). The van der Waals surface area contributed by atoms with Crippen LogP contribution in [-0.4, -0.2) is 8.42 Å². The molecule has 2 N–H and O–H groups in total. The van der Waals surface area contributed by atoms with Gasteiger partial charge in [0.05, 0.1) is 0 Å². The van der Waals surface area contributed by atoms with Crippen LogP contribution < -0.4 is 5.73 Å². The Bertz CT molecular complexity index is 649. The molecule has 6 nitrogen and oxygen atoms in total. The van der Waals surface area contributed by atoms with Crippen LogP contribution in [0.1, 0.15) is 22.3 Å². The number of nitrogen functional groups attached to an aromatic ring is 1. The molecule has 0 saturated heterocycles. The lowest BCUT2D eigenvalue weighted by Gasteiger charge is -2.16. The van der Waals surface area contributed by atoms with Gasteiger partial charge in [-0.15, -0.1) is 3.89 Å². The first-order valence-corrected chi connectivity index (χ1v) is 6.59. The van der Waals surface area contributed by atoms with Gasteiger partial charge in [0.2, 0.25) is 0 Å². The van der Waals surface area contributed by atoms with Crippen LogP contribution in [0.25, 0.3) is 10.4 Å². The topological polar surface area (TPSA) is 109 Å². The lowest BCUT2D eigenvalue weighted by atomic mass is 9.96. The summed E-state index contributed by atoms with van der Waals surface area (Å²) in [5.74, 6) is -0.775. The first-order chi connectivity index (χ1) is 8.19. The molecule has 18 heavy (non-hydrogen) atoms. The maximum Gasteiger partial charge on any atom is 0.306 e. The highest BCUT2D eigenvalue weighted by molar-refractivity contribution is 7.85. The van der Waals surface area contributed by atoms with Gasteiger partial charge in [0.1, 0.15) is 5.75 Å². The summed E-state index contributed by atoms with van der Waals surface area (Å²) in [7, 11) is -4.67. The summed E-state index contributed by atoms with van der Waals surface area (Å²) in [5.41, 5.74) is 16.5. The molecule has 0 unspecified atom stereocenters. The standard InChI is InChI=1S/C10H13FN4O2S/c1-5-8(4-18(11,16)17)6(2)10(14-15-13)7(3)9(5)12/h4,12H2,1-3H3. The van der Waals surface area contributed by atoms with E-state index in [9.17, 15) is 12.3 Å². The third-order valence-electron chi connectivity index (χ3n) is 2.89. The maximum absolute atomic E-state index is 12.8. The average molecular weight is 272 g/mol. The Morgan fingerprint density at radius 1 is 1.28 bits per heavy atom. The van der Waals surface area contributed by atoms with E-state index < -0.39 is 16.0 Å². The molecular weight excluding hydrogens is 259 g/mol. The molecule has 0 aliphatic rings. The van der Waals surface area contributed by atoms with Crippen molar-refractivity contribution >= 4 is 21.6 Å². The van der Waals surface area contributed by atoms with E-state index in [0.29, 0.717) is 22.4 Å². The minimum Gasteiger partial charge on any atom is -0.398 e. The number of rotatable bonds is 3. The van der Waals surface area contributed by atoms with Crippen LogP contribution in [0.2, 0.25) is 0 Å². The molecule has 0 amide bonds. The van der Waals surface area contributed by atoms with Crippen molar-refractivity contribution in [2.75, 3.05) is 5.73 Å². The first-order valence-electron chi connectivity index (χ1n) is 5.04. The van der Waals surface area contributed by atoms with Gasteiger partial charge in [0, 0.05) is 16.3 Å². The summed E-state index contributed by atoms with van der Waals surface area (Å²) < 4.78 is 34.3. The molecule has 0 bridgehead atoms. The maximum atomic E-state index is 12.8. The van der Waals surface area contributed by atoms with Crippen LogP contribution >= 0.6 is 0 Å². The minimum absolute atomic E-state index is 0.239. The van der Waals surface area contributed by atoms with Gasteiger partial charge in [-0.1, -0.05) is 5.11 Å². The molecule has 98 valence electrons. The Morgan fingerprint density at radius 3 is 2.28 bits per heavy atom. The Kier molecular flexibility index (Phi) is 3.83. The average Bonchev–Trinajstić information content (AvgIpc) is 2.26. The van der Waals surface area contributed by atoms with Crippen molar-refractivity contribution in [3.63, 3.8) is 0 Å². The summed E-state index contributed by atoms with van der Waals surface area (Å²) in [6, 6.07) is 0. The van der Waals surface area contributed by atoms with Gasteiger partial charge in [-0.25, -0.2) is 0 Å². The lowest BCUT2D eigenvalue weighted by Crippen LogP contribution is -2.06. The van der Waals surface area contributed by atoms with Crippen molar-refractivity contribution in [1.82, 2.24) is 0 Å². The summed E-state index contributed by atoms with van der Waals surface area (Å²) in [5, 5.41) is 3.48. The molecule has 0 spiro atoms. The van der Waals surface area contributed by atoms with Crippen molar-refractivity contribution in [3.05, 3.63) is 32.7 Å². The molecule has 0 radical (unpaired) electrons. The Balaban J connectivity index is 3.67. The van der Waals surface area contributed by atoms with Crippen LogP contribution in [0, 0.1) is 20.8 Å². The highest BCUT2D eigenvalue weighted by Gasteiger charge is 2.19. The molecule has 1 aromatic carbocycles. The Labute approximate surface area is 104 Å². The van der Waals surface area contributed by atoms with Crippen LogP contribution in [0.3, 0.4) is 0 Å². The Morgan fingerprint density at radius 2 is 1.83 bits per heavy atom. The fourth-order valence-corrected chi connectivity index (χ4v) is 2.64. The minimum atomic E-state index is -4.67. The zero-order valence-corrected chi connectivity index (χ0v) is 11.0. The van der Waals surface area contributed by atoms with Gasteiger partial charge in [0.15, 0.2) is 0 Å². The molecule has 0 atom stereocenters. The largest absolute Gasteiger partial charge is 0.398 e. The van der Waals surface area contributed by atoms with E-state index in [4.69, 9.17) is 11.3 Å². The first kappa shape index (κ1) is 14.3. The van der Waals surface area contributed by atoms with Gasteiger partial charge in [-0.3, -0.25) is 0 Å². The second kappa shape index (κ2) is 4.83. The molecule has 0 aliphatic heterocycles. The zero-order valence-electron chi connectivity index (χ0n) is 10.2. The molecule has 0 saturated carbocycles. The quantitative estimate of drug-likeness (QED) is 0.300. The smallest absolute Gasteiger partial charge is 0.306 e. The van der Waals surface area contributed by atoms with Gasteiger partial charge < -0.3 is 5.73 Å². The van der Waals surface area contributed by atoms with Crippen molar-refractivity contribution in [2.24, 2.45) is 5.11 Å². The predicted octanol–water partition coefficient (Wildman–Crippen LogP) is 2.94. The van der Waals surface area contributed by atoms with Crippen LogP contribution in [0.4, 0.5) is 15.3 Å². The second-order valence-corrected chi connectivity index (χ2v) is 5.35. The molecule has 0 fully saturated rings. The number of azide groups is 1. The molecule has 0 aliphatic carbocycles. The van der Waals surface area contributed by atoms with E-state index in [1.807, 2.05) is 0 Å².